The highest BCUT2D eigenvalue weighted by atomic mass is 32.2. The Hall–Kier alpha value is -6.96. The maximum Gasteiger partial charge on any atom is 0.307 e. The van der Waals surface area contributed by atoms with Crippen LogP contribution in [0.15, 0.2) is 140 Å². The number of ether oxygens (including phenoxy) is 2. The fourth-order valence-electron chi connectivity index (χ4n) is 9.62. The predicted octanol–water partition coefficient (Wildman–Crippen LogP) is 10.7. The summed E-state index contributed by atoms with van der Waals surface area (Å²) in [6.45, 7) is 14.2. The smallest absolute Gasteiger partial charge is 0.307 e. The number of phenolic OH excluding ortho intramolecular Hbond substituents is 1. The van der Waals surface area contributed by atoms with Crippen LogP contribution in [0.3, 0.4) is 0 Å². The molecule has 0 atom stereocenters. The minimum atomic E-state index is -5.32. The summed E-state index contributed by atoms with van der Waals surface area (Å²) in [6.07, 6.45) is 2.06. The molecule has 1 heterocycles. The Labute approximate surface area is 467 Å². The molecule has 0 saturated carbocycles. The number of aromatic nitrogens is 3. The molecule has 0 aliphatic rings. The number of azo groups is 1. The fraction of sp³-hybridized carbons (Fsp3) is 0.321. The number of rotatable bonds is 28. The van der Waals surface area contributed by atoms with Gasteiger partial charge in [0.05, 0.1) is 17.0 Å². The van der Waals surface area contributed by atoms with Crippen molar-refractivity contribution in [2.24, 2.45) is 10.2 Å². The van der Waals surface area contributed by atoms with Gasteiger partial charge in [-0.1, -0.05) is 111 Å². The lowest BCUT2D eigenvalue weighted by molar-refractivity contribution is -0.144. The molecule has 80 heavy (non-hydrogen) atoms. The van der Waals surface area contributed by atoms with Gasteiger partial charge in [-0.15, -0.1) is 10.2 Å². The van der Waals surface area contributed by atoms with Gasteiger partial charge in [-0.25, -0.2) is 0 Å². The average molecular weight is 1190 g/mol. The van der Waals surface area contributed by atoms with Crippen molar-refractivity contribution in [2.45, 2.75) is 84.8 Å². The molecular weight excluding hydrogens is 1120 g/mol. The largest absolute Gasteiger partial charge is 0.505 e. The number of benzene rings is 6. The van der Waals surface area contributed by atoms with Gasteiger partial charge < -0.3 is 35.4 Å². The van der Waals surface area contributed by atoms with Gasteiger partial charge in [0.15, 0.2) is 5.75 Å². The second-order valence-corrected chi connectivity index (χ2v) is 35.7. The van der Waals surface area contributed by atoms with Crippen LogP contribution in [0.25, 0.3) is 21.5 Å². The van der Waals surface area contributed by atoms with Crippen LogP contribution in [-0.2, 0) is 39.9 Å². The summed E-state index contributed by atoms with van der Waals surface area (Å²) in [6, 6.07) is 32.1. The van der Waals surface area contributed by atoms with E-state index in [2.05, 4.69) is 62.3 Å². The zero-order valence-electron chi connectivity index (χ0n) is 44.8. The van der Waals surface area contributed by atoms with Crippen LogP contribution < -0.4 is 25.6 Å². The van der Waals surface area contributed by atoms with Gasteiger partial charge in [0.25, 0.3) is 30.4 Å². The van der Waals surface area contributed by atoms with Crippen molar-refractivity contribution in [1.82, 2.24) is 20.3 Å². The summed E-state index contributed by atoms with van der Waals surface area (Å²) < 4.78 is 119. The fourth-order valence-corrected chi connectivity index (χ4v) is 25.7. The van der Waals surface area contributed by atoms with Crippen molar-refractivity contribution in [1.29, 1.82) is 0 Å². The Bertz CT molecular complexity index is 3720. The van der Waals surface area contributed by atoms with E-state index in [1.165, 1.54) is 29.9 Å². The van der Waals surface area contributed by atoms with Crippen molar-refractivity contribution in [3.8, 4) is 11.5 Å². The van der Waals surface area contributed by atoms with Gasteiger partial charge in [0.1, 0.15) is 40.1 Å². The zero-order chi connectivity index (χ0) is 57.9. The number of hydrogen-bond acceptors (Lipinski definition) is 19. The lowest BCUT2D eigenvalue weighted by Crippen LogP contribution is -2.40. The topological polar surface area (TPSA) is 322 Å². The summed E-state index contributed by atoms with van der Waals surface area (Å²) in [5.74, 6) is -0.428. The number of carbonyl (C=O) groups is 1. The van der Waals surface area contributed by atoms with Crippen LogP contribution >= 0.6 is 0 Å². The molecule has 6 aromatic carbocycles. The quantitative estimate of drug-likeness (QED) is 0.00788. The molecular formula is C53H65N9O13S3Si2. The minimum Gasteiger partial charge on any atom is -0.505 e. The van der Waals surface area contributed by atoms with E-state index in [0.29, 0.717) is 25.0 Å². The maximum absolute atomic E-state index is 12.9. The first-order chi connectivity index (χ1) is 37.8. The van der Waals surface area contributed by atoms with E-state index < -0.39 is 78.3 Å². The van der Waals surface area contributed by atoms with Gasteiger partial charge in [0.2, 0.25) is 17.8 Å². The third kappa shape index (κ3) is 16.6. The molecule has 0 fully saturated rings. The SMILES string of the molecule is CCN(c1ccccc1)c1nc(NCCC[Si](C)(C)C[Si](C)(C)CCCNCCC(=O)OCCOc2ccccc2)nc(Nc2cc(S(=O)(=O)O)cc3cc(S(=O)(=O)O)c(N=Nc4ccc5ccccc5c4S(=O)(=O)O)c(O)c23)n1. The molecule has 0 bridgehead atoms. The minimum absolute atomic E-state index is 0.0495. The van der Waals surface area contributed by atoms with E-state index in [1.54, 1.807) is 17.0 Å². The number of fused-ring (bicyclic) bond motifs is 2. The van der Waals surface area contributed by atoms with Crippen LogP contribution in [0.4, 0.5) is 40.6 Å². The van der Waals surface area contributed by atoms with Gasteiger partial charge in [-0.05, 0) is 85.6 Å². The Morgan fingerprint density at radius 3 is 2.00 bits per heavy atom. The average Bonchev–Trinajstić information content (AvgIpc) is 3.60. The lowest BCUT2D eigenvalue weighted by Gasteiger charge is -2.32. The van der Waals surface area contributed by atoms with Crippen molar-refractivity contribution in [3.63, 3.8) is 0 Å². The number of para-hydroxylation sites is 2. The molecule has 7 aromatic rings. The number of nitrogens with zero attached hydrogens (tertiary/aromatic N) is 6. The van der Waals surface area contributed by atoms with Gasteiger partial charge >= 0.3 is 5.97 Å². The standard InChI is InChI=1S/C53H65N9O13S3Si2/c1-6-62(39-18-9-7-10-19-39)53-58-51(55-27-16-32-80(4,5)36-79(2,3)31-15-26-54-28-25-46(63)75-30-29-74-40-20-11-8-12-21-40)57-52(59-53)56-44-35-41(76(65,66)67)33-38-34-45(77(68,69)70)48(49(64)47(38)44)61-60-43-24-23-37-17-13-14-22-42(37)50(43)78(71,72)73/h7-14,17-24,33-35,54,64H,6,15-16,25-32,36H2,1-5H3,(H,65,66,67)(H,68,69,70)(H,71,72,73)(H2,55,56,57,58,59). The van der Waals surface area contributed by atoms with Crippen molar-refractivity contribution in [3.05, 3.63) is 115 Å². The monoisotopic (exact) mass is 1190 g/mol. The van der Waals surface area contributed by atoms with E-state index in [1.807, 2.05) is 67.6 Å². The van der Waals surface area contributed by atoms with E-state index >= 15 is 0 Å². The Morgan fingerprint density at radius 1 is 0.688 bits per heavy atom. The highest BCUT2D eigenvalue weighted by Gasteiger charge is 2.32. The molecule has 0 aliphatic heterocycles. The van der Waals surface area contributed by atoms with Crippen LogP contribution in [0.1, 0.15) is 26.2 Å². The van der Waals surface area contributed by atoms with Gasteiger partial charge in [-0.3, -0.25) is 18.5 Å². The van der Waals surface area contributed by atoms with E-state index in [4.69, 9.17) is 14.5 Å². The van der Waals surface area contributed by atoms with Crippen LogP contribution in [-0.4, -0.2) is 120 Å². The second kappa shape index (κ2) is 26.1. The van der Waals surface area contributed by atoms with Crippen LogP contribution in [0, 0.1) is 0 Å². The third-order valence-corrected chi connectivity index (χ3v) is 26.6. The number of phenols is 1. The number of nitrogens with one attached hydrogen (secondary N) is 3. The molecule has 0 radical (unpaired) electrons. The highest BCUT2D eigenvalue weighted by molar-refractivity contribution is 7.86. The summed E-state index contributed by atoms with van der Waals surface area (Å²) in [4.78, 5) is 25.6. The second-order valence-electron chi connectivity index (χ2n) is 20.4. The zero-order valence-corrected chi connectivity index (χ0v) is 49.3. The van der Waals surface area contributed by atoms with Crippen molar-refractivity contribution in [2.75, 3.05) is 54.9 Å². The van der Waals surface area contributed by atoms with Crippen LogP contribution in [0.5, 0.6) is 11.5 Å². The summed E-state index contributed by atoms with van der Waals surface area (Å²) >= 11 is 0. The Kier molecular flexibility index (Phi) is 19.8. The Morgan fingerprint density at radius 2 is 1.34 bits per heavy atom. The van der Waals surface area contributed by atoms with Gasteiger partial charge in [-0.2, -0.15) is 40.2 Å². The summed E-state index contributed by atoms with van der Waals surface area (Å²) in [5, 5.41) is 29.3. The first-order valence-corrected chi connectivity index (χ1v) is 36.8. The van der Waals surface area contributed by atoms with E-state index in [-0.39, 0.29) is 65.3 Å². The van der Waals surface area contributed by atoms with Gasteiger partial charge in [0, 0.05) is 52.2 Å². The molecule has 0 amide bonds. The van der Waals surface area contributed by atoms with E-state index in [9.17, 15) is 48.8 Å². The third-order valence-electron chi connectivity index (χ3n) is 12.9. The van der Waals surface area contributed by atoms with Crippen molar-refractivity contribution < 1.29 is 58.3 Å². The molecule has 426 valence electrons. The molecule has 0 spiro atoms. The highest BCUT2D eigenvalue weighted by Crippen LogP contribution is 2.46. The van der Waals surface area contributed by atoms with Crippen LogP contribution in [0.2, 0.25) is 43.9 Å². The number of anilines is 5. The molecule has 1 aromatic heterocycles. The van der Waals surface area contributed by atoms with Crippen molar-refractivity contribution >= 4 is 115 Å². The molecule has 7 N–H and O–H groups in total. The first-order valence-electron chi connectivity index (χ1n) is 25.7. The number of carbonyl (C=O) groups excluding carboxylic acids is 1. The first kappa shape index (κ1) is 60.7. The van der Waals surface area contributed by atoms with E-state index in [0.717, 1.165) is 61.1 Å². The molecule has 22 nitrogen and oxygen atoms in total. The summed E-state index contributed by atoms with van der Waals surface area (Å²) in [7, 11) is -18.6. The Balaban J connectivity index is 1.09. The molecule has 0 unspecified atom stereocenters. The molecule has 27 heteroatoms. The maximum atomic E-state index is 12.9. The normalized spacial score (nSPS) is 12.5. The molecule has 0 aliphatic carbocycles. The summed E-state index contributed by atoms with van der Waals surface area (Å²) in [5.41, 5.74) is 0.272. The number of esters is 1. The number of aromatic hydroxyl groups is 1. The predicted molar refractivity (Wildman–Crippen MR) is 313 cm³/mol. The number of hydrogen-bond donors (Lipinski definition) is 7. The molecule has 7 rings (SSSR count). The lowest BCUT2D eigenvalue weighted by atomic mass is 10.1. The molecule has 0 saturated heterocycles.